The van der Waals surface area contributed by atoms with Crippen LogP contribution in [0.25, 0.3) is 22.4 Å². The molecule has 8 heteroatoms. The number of carbonyl (C=O) groups is 1. The Hall–Kier alpha value is -3.49. The Bertz CT molecular complexity index is 1360. The van der Waals surface area contributed by atoms with Gasteiger partial charge < -0.3 is 9.88 Å². The number of aromatic nitrogens is 2. The number of rotatable bonds is 7. The highest BCUT2D eigenvalue weighted by Gasteiger charge is 2.12. The maximum Gasteiger partial charge on any atom is 0.240 e. The fourth-order valence-electron chi connectivity index (χ4n) is 3.54. The summed E-state index contributed by atoms with van der Waals surface area (Å²) in [6.45, 7) is 0. The van der Waals surface area contributed by atoms with E-state index in [0.717, 1.165) is 28.0 Å². The van der Waals surface area contributed by atoms with Gasteiger partial charge in [0.25, 0.3) is 0 Å². The molecule has 0 unspecified atom stereocenters. The van der Waals surface area contributed by atoms with E-state index in [4.69, 9.17) is 4.98 Å². The molecular weight excluding hydrogens is 424 g/mol. The molecule has 4 aromatic rings. The van der Waals surface area contributed by atoms with Crippen LogP contribution in [0.1, 0.15) is 12.0 Å². The molecule has 0 atom stereocenters. The largest absolute Gasteiger partial charge is 0.327 e. The topological polar surface area (TPSA) is 93.1 Å². The summed E-state index contributed by atoms with van der Waals surface area (Å²) in [6, 6.07) is 22.1. The second-order valence-corrected chi connectivity index (χ2v) is 9.35. The number of para-hydroxylation sites is 2. The monoisotopic (exact) mass is 448 g/mol. The first kappa shape index (κ1) is 21.7. The van der Waals surface area contributed by atoms with E-state index in [0.29, 0.717) is 18.5 Å². The van der Waals surface area contributed by atoms with Crippen LogP contribution in [0.5, 0.6) is 0 Å². The van der Waals surface area contributed by atoms with Gasteiger partial charge in [-0.3, -0.25) is 4.79 Å². The number of sulfonamides is 1. The number of nitrogens with one attached hydrogen (secondary N) is 2. The lowest BCUT2D eigenvalue weighted by Crippen LogP contribution is -2.18. The van der Waals surface area contributed by atoms with Crippen molar-refractivity contribution in [2.75, 3.05) is 12.4 Å². The van der Waals surface area contributed by atoms with Gasteiger partial charge in [-0.15, -0.1) is 0 Å². The molecule has 1 amide bonds. The molecule has 4 rings (SSSR count). The molecule has 0 bridgehead atoms. The molecule has 0 radical (unpaired) electrons. The first-order valence-corrected chi connectivity index (χ1v) is 11.7. The van der Waals surface area contributed by atoms with E-state index in [-0.39, 0.29) is 10.8 Å². The Morgan fingerprint density at radius 1 is 0.969 bits per heavy atom. The summed E-state index contributed by atoms with van der Waals surface area (Å²) < 4.78 is 27.9. The molecule has 0 fully saturated rings. The average Bonchev–Trinajstić information content (AvgIpc) is 3.15. The van der Waals surface area contributed by atoms with E-state index in [1.807, 2.05) is 55.6 Å². The molecule has 0 spiro atoms. The van der Waals surface area contributed by atoms with Gasteiger partial charge >= 0.3 is 0 Å². The van der Waals surface area contributed by atoms with Crippen LogP contribution in [-0.2, 0) is 28.3 Å². The lowest BCUT2D eigenvalue weighted by atomic mass is 10.1. The van der Waals surface area contributed by atoms with Gasteiger partial charge in [-0.2, -0.15) is 0 Å². The summed E-state index contributed by atoms with van der Waals surface area (Å²) in [7, 11) is -0.0957. The van der Waals surface area contributed by atoms with Gasteiger partial charge in [0.2, 0.25) is 15.9 Å². The Kier molecular flexibility index (Phi) is 6.07. The minimum absolute atomic E-state index is 0.104. The number of anilines is 1. The average molecular weight is 449 g/mol. The summed E-state index contributed by atoms with van der Waals surface area (Å²) >= 11 is 0. The van der Waals surface area contributed by atoms with Crippen LogP contribution < -0.4 is 10.0 Å². The van der Waals surface area contributed by atoms with Crippen molar-refractivity contribution < 1.29 is 13.2 Å². The van der Waals surface area contributed by atoms with Crippen molar-refractivity contribution >= 4 is 32.7 Å². The maximum absolute atomic E-state index is 12.4. The van der Waals surface area contributed by atoms with Crippen LogP contribution in [0.15, 0.2) is 77.7 Å². The highest BCUT2D eigenvalue weighted by Crippen LogP contribution is 2.24. The van der Waals surface area contributed by atoms with E-state index >= 15 is 0 Å². The van der Waals surface area contributed by atoms with E-state index in [1.54, 1.807) is 24.3 Å². The van der Waals surface area contributed by atoms with Crippen LogP contribution in [-0.4, -0.2) is 30.9 Å². The molecule has 0 saturated carbocycles. The van der Waals surface area contributed by atoms with Crippen LogP contribution >= 0.6 is 0 Å². The summed E-state index contributed by atoms with van der Waals surface area (Å²) in [5.41, 5.74) is 4.59. The van der Waals surface area contributed by atoms with Gasteiger partial charge in [-0.25, -0.2) is 18.1 Å². The summed E-state index contributed by atoms with van der Waals surface area (Å²) in [6.07, 6.45) is 0.814. The molecular formula is C24H24N4O3S. The number of nitrogens with zero attached hydrogens (tertiary/aromatic N) is 2. The molecule has 2 N–H and O–H groups in total. The number of fused-ring (bicyclic) bond motifs is 1. The minimum Gasteiger partial charge on any atom is -0.327 e. The van der Waals surface area contributed by atoms with E-state index in [2.05, 4.69) is 14.6 Å². The van der Waals surface area contributed by atoms with E-state index in [1.165, 1.54) is 7.05 Å². The van der Waals surface area contributed by atoms with Gasteiger partial charge in [0.1, 0.15) is 5.82 Å². The summed E-state index contributed by atoms with van der Waals surface area (Å²) in [5.74, 6) is 0.764. The number of hydrogen-bond acceptors (Lipinski definition) is 4. The zero-order chi connectivity index (χ0) is 22.7. The number of imidazole rings is 1. The van der Waals surface area contributed by atoms with Crippen LogP contribution in [0.4, 0.5) is 5.69 Å². The van der Waals surface area contributed by atoms with Gasteiger partial charge in [0, 0.05) is 24.7 Å². The molecule has 3 aromatic carbocycles. The second kappa shape index (κ2) is 8.94. The number of carbonyl (C=O) groups excluding carboxylic acids is 1. The van der Waals surface area contributed by atoms with E-state index in [9.17, 15) is 13.2 Å². The second-order valence-electron chi connectivity index (χ2n) is 7.46. The predicted octanol–water partition coefficient (Wildman–Crippen LogP) is 3.72. The van der Waals surface area contributed by atoms with Gasteiger partial charge in [0.15, 0.2) is 0 Å². The zero-order valence-electron chi connectivity index (χ0n) is 17.9. The molecule has 1 heterocycles. The van der Waals surface area contributed by atoms with Gasteiger partial charge in [-0.05, 0) is 67.6 Å². The fraction of sp³-hybridized carbons (Fsp3) is 0.167. The SMILES string of the molecule is CNS(=O)(=O)c1ccc(CCC(=O)Nc2ccc(-c3nc4ccccc4n3C)cc2)cc1. The highest BCUT2D eigenvalue weighted by molar-refractivity contribution is 7.89. The normalized spacial score (nSPS) is 11.6. The Morgan fingerprint density at radius 3 is 2.31 bits per heavy atom. The smallest absolute Gasteiger partial charge is 0.240 e. The zero-order valence-corrected chi connectivity index (χ0v) is 18.7. The number of benzene rings is 3. The Morgan fingerprint density at radius 2 is 1.66 bits per heavy atom. The number of amides is 1. The van der Waals surface area contributed by atoms with Crippen molar-refractivity contribution in [3.63, 3.8) is 0 Å². The Labute approximate surface area is 187 Å². The minimum atomic E-state index is -3.46. The van der Waals surface area contributed by atoms with Crippen molar-refractivity contribution in [1.29, 1.82) is 0 Å². The summed E-state index contributed by atoms with van der Waals surface area (Å²) in [5, 5.41) is 2.90. The van der Waals surface area contributed by atoms with Gasteiger partial charge in [-0.1, -0.05) is 24.3 Å². The van der Waals surface area contributed by atoms with Crippen LogP contribution in [0, 0.1) is 0 Å². The van der Waals surface area contributed by atoms with Crippen molar-refractivity contribution in [2.24, 2.45) is 7.05 Å². The molecule has 164 valence electrons. The summed E-state index contributed by atoms with van der Waals surface area (Å²) in [4.78, 5) is 17.3. The lowest BCUT2D eigenvalue weighted by molar-refractivity contribution is -0.116. The molecule has 0 saturated heterocycles. The first-order valence-electron chi connectivity index (χ1n) is 10.2. The number of hydrogen-bond donors (Lipinski definition) is 2. The first-order chi connectivity index (χ1) is 15.4. The molecule has 1 aromatic heterocycles. The maximum atomic E-state index is 12.4. The van der Waals surface area contributed by atoms with Crippen molar-refractivity contribution in [3.05, 3.63) is 78.4 Å². The van der Waals surface area contributed by atoms with Gasteiger partial charge in [0.05, 0.1) is 15.9 Å². The molecule has 7 nitrogen and oxygen atoms in total. The van der Waals surface area contributed by atoms with Crippen molar-refractivity contribution in [3.8, 4) is 11.4 Å². The molecule has 32 heavy (non-hydrogen) atoms. The quantitative estimate of drug-likeness (QED) is 0.451. The lowest BCUT2D eigenvalue weighted by Gasteiger charge is -2.08. The fourth-order valence-corrected chi connectivity index (χ4v) is 4.27. The Balaban J connectivity index is 1.37. The standard InChI is InChI=1S/C24H24N4O3S/c1-25-32(30,31)20-14-7-17(8-15-20)9-16-23(29)26-19-12-10-18(11-13-19)24-27-21-5-3-4-6-22(21)28(24)2/h3-8,10-15,25H,9,16H2,1-2H3,(H,26,29). The third-order valence-corrected chi connectivity index (χ3v) is 6.79. The molecule has 0 aliphatic rings. The predicted molar refractivity (Wildman–Crippen MR) is 126 cm³/mol. The van der Waals surface area contributed by atoms with Crippen LogP contribution in [0.3, 0.4) is 0 Å². The van der Waals surface area contributed by atoms with E-state index < -0.39 is 10.0 Å². The number of aryl methyl sites for hydroxylation is 2. The molecule has 0 aliphatic heterocycles. The van der Waals surface area contributed by atoms with Crippen LogP contribution in [0.2, 0.25) is 0 Å². The van der Waals surface area contributed by atoms with Crippen molar-refractivity contribution in [2.45, 2.75) is 17.7 Å². The molecule has 0 aliphatic carbocycles. The third-order valence-electron chi connectivity index (χ3n) is 5.36. The van der Waals surface area contributed by atoms with Crippen molar-refractivity contribution in [1.82, 2.24) is 14.3 Å². The highest BCUT2D eigenvalue weighted by atomic mass is 32.2. The third kappa shape index (κ3) is 4.56.